The highest BCUT2D eigenvalue weighted by Gasteiger charge is 2.12. The predicted octanol–water partition coefficient (Wildman–Crippen LogP) is 2.37. The number of aromatic nitrogens is 2. The molecule has 0 saturated carbocycles. The van der Waals surface area contributed by atoms with Crippen LogP contribution < -0.4 is 0 Å². The Bertz CT molecular complexity index is 261. The van der Waals surface area contributed by atoms with Crippen molar-refractivity contribution < 1.29 is 0 Å². The molecule has 0 saturated heterocycles. The van der Waals surface area contributed by atoms with Crippen molar-refractivity contribution in [2.45, 2.75) is 34.1 Å². The van der Waals surface area contributed by atoms with Crippen LogP contribution in [0, 0.1) is 12.3 Å². The van der Waals surface area contributed by atoms with Gasteiger partial charge < -0.3 is 0 Å². The summed E-state index contributed by atoms with van der Waals surface area (Å²) in [5, 5.41) is 0. The molecule has 2 heteroatoms. The van der Waals surface area contributed by atoms with Crippen LogP contribution in [0.4, 0.5) is 0 Å². The second kappa shape index (κ2) is 3.21. The molecule has 0 bridgehead atoms. The van der Waals surface area contributed by atoms with Gasteiger partial charge in [-0.05, 0) is 24.3 Å². The van der Waals surface area contributed by atoms with Gasteiger partial charge in [-0.1, -0.05) is 20.8 Å². The van der Waals surface area contributed by atoms with Gasteiger partial charge in [-0.15, -0.1) is 0 Å². The van der Waals surface area contributed by atoms with Crippen molar-refractivity contribution in [1.82, 2.24) is 9.97 Å². The van der Waals surface area contributed by atoms with Crippen LogP contribution in [0.3, 0.4) is 0 Å². The molecule has 0 unspecified atom stereocenters. The van der Waals surface area contributed by atoms with Gasteiger partial charge in [0, 0.05) is 11.9 Å². The molecule has 1 rings (SSSR count). The summed E-state index contributed by atoms with van der Waals surface area (Å²) in [6, 6.07) is 0. The largest absolute Gasteiger partial charge is 0.245 e. The number of rotatable bonds is 1. The Labute approximate surface area is 74.1 Å². The Balaban J connectivity index is 2.83. The lowest BCUT2D eigenvalue weighted by atomic mass is 9.88. The molecule has 1 heterocycles. The molecule has 66 valence electrons. The standard InChI is InChI=1S/C10H16N2/c1-8-9(5-10(2,3)4)6-11-7-12-8/h6-7H,5H2,1-4H3. The van der Waals surface area contributed by atoms with E-state index in [4.69, 9.17) is 0 Å². The molecule has 2 nitrogen and oxygen atoms in total. The lowest BCUT2D eigenvalue weighted by Gasteiger charge is -2.18. The van der Waals surface area contributed by atoms with Gasteiger partial charge >= 0.3 is 0 Å². The fourth-order valence-corrected chi connectivity index (χ4v) is 1.16. The fraction of sp³-hybridized carbons (Fsp3) is 0.600. The van der Waals surface area contributed by atoms with Crippen molar-refractivity contribution in [3.05, 3.63) is 23.8 Å². The van der Waals surface area contributed by atoms with Crippen LogP contribution in [0.2, 0.25) is 0 Å². The maximum Gasteiger partial charge on any atom is 0.115 e. The van der Waals surface area contributed by atoms with Gasteiger partial charge in [0.25, 0.3) is 0 Å². The van der Waals surface area contributed by atoms with Crippen molar-refractivity contribution in [2.24, 2.45) is 5.41 Å². The van der Waals surface area contributed by atoms with E-state index in [1.807, 2.05) is 13.1 Å². The van der Waals surface area contributed by atoms with Crippen LogP contribution in [0.1, 0.15) is 32.0 Å². The Morgan fingerprint density at radius 1 is 1.33 bits per heavy atom. The van der Waals surface area contributed by atoms with Gasteiger partial charge in [-0.2, -0.15) is 0 Å². The van der Waals surface area contributed by atoms with Crippen LogP contribution in [-0.2, 0) is 6.42 Å². The first-order valence-electron chi connectivity index (χ1n) is 4.24. The molecule has 12 heavy (non-hydrogen) atoms. The summed E-state index contributed by atoms with van der Waals surface area (Å²) in [7, 11) is 0. The fourth-order valence-electron chi connectivity index (χ4n) is 1.16. The topological polar surface area (TPSA) is 25.8 Å². The highest BCUT2D eigenvalue weighted by molar-refractivity contribution is 5.15. The molecule has 0 aliphatic carbocycles. The van der Waals surface area contributed by atoms with E-state index in [0.717, 1.165) is 12.1 Å². The van der Waals surface area contributed by atoms with Gasteiger partial charge in [-0.3, -0.25) is 0 Å². The van der Waals surface area contributed by atoms with Gasteiger partial charge in [0.2, 0.25) is 0 Å². The Morgan fingerprint density at radius 2 is 2.00 bits per heavy atom. The summed E-state index contributed by atoms with van der Waals surface area (Å²) < 4.78 is 0. The zero-order chi connectivity index (χ0) is 9.19. The van der Waals surface area contributed by atoms with Crippen LogP contribution in [0.25, 0.3) is 0 Å². The summed E-state index contributed by atoms with van der Waals surface area (Å²) in [6.07, 6.45) is 4.55. The molecule has 0 radical (unpaired) electrons. The Kier molecular flexibility index (Phi) is 2.46. The maximum atomic E-state index is 4.15. The highest BCUT2D eigenvalue weighted by Crippen LogP contribution is 2.20. The molecular weight excluding hydrogens is 148 g/mol. The molecule has 0 aliphatic heterocycles. The van der Waals surface area contributed by atoms with Crippen molar-refractivity contribution in [3.8, 4) is 0 Å². The predicted molar refractivity (Wildman–Crippen MR) is 49.9 cm³/mol. The third-order valence-electron chi connectivity index (χ3n) is 1.73. The Hall–Kier alpha value is -0.920. The van der Waals surface area contributed by atoms with Crippen LogP contribution >= 0.6 is 0 Å². The van der Waals surface area contributed by atoms with Gasteiger partial charge in [0.15, 0.2) is 0 Å². The summed E-state index contributed by atoms with van der Waals surface area (Å²) >= 11 is 0. The van der Waals surface area contributed by atoms with E-state index in [-0.39, 0.29) is 0 Å². The number of aryl methyl sites for hydroxylation is 1. The van der Waals surface area contributed by atoms with E-state index in [2.05, 4.69) is 30.7 Å². The lowest BCUT2D eigenvalue weighted by molar-refractivity contribution is 0.409. The summed E-state index contributed by atoms with van der Waals surface area (Å²) in [5.41, 5.74) is 2.67. The smallest absolute Gasteiger partial charge is 0.115 e. The van der Waals surface area contributed by atoms with E-state index >= 15 is 0 Å². The van der Waals surface area contributed by atoms with Gasteiger partial charge in [-0.25, -0.2) is 9.97 Å². The maximum absolute atomic E-state index is 4.15. The van der Waals surface area contributed by atoms with Crippen LogP contribution in [0.15, 0.2) is 12.5 Å². The van der Waals surface area contributed by atoms with Crippen molar-refractivity contribution in [2.75, 3.05) is 0 Å². The minimum atomic E-state index is 0.315. The first-order valence-corrected chi connectivity index (χ1v) is 4.24. The van der Waals surface area contributed by atoms with E-state index in [1.165, 1.54) is 5.56 Å². The zero-order valence-electron chi connectivity index (χ0n) is 8.26. The molecule has 1 aromatic rings. The lowest BCUT2D eigenvalue weighted by Crippen LogP contribution is -2.11. The third-order valence-corrected chi connectivity index (χ3v) is 1.73. The monoisotopic (exact) mass is 164 g/mol. The molecular formula is C10H16N2. The molecule has 0 aromatic carbocycles. The molecule has 0 aliphatic rings. The molecule has 0 amide bonds. The minimum Gasteiger partial charge on any atom is -0.245 e. The van der Waals surface area contributed by atoms with E-state index in [0.29, 0.717) is 5.41 Å². The second-order valence-corrected chi connectivity index (χ2v) is 4.37. The second-order valence-electron chi connectivity index (χ2n) is 4.37. The quantitative estimate of drug-likeness (QED) is 0.637. The molecule has 0 atom stereocenters. The summed E-state index contributed by atoms with van der Waals surface area (Å²) in [5.74, 6) is 0. The van der Waals surface area contributed by atoms with Gasteiger partial charge in [0.1, 0.15) is 6.33 Å². The molecule has 0 fully saturated rings. The summed E-state index contributed by atoms with van der Waals surface area (Å²) in [4.78, 5) is 8.17. The van der Waals surface area contributed by atoms with E-state index in [9.17, 15) is 0 Å². The third kappa shape index (κ3) is 2.61. The minimum absolute atomic E-state index is 0.315. The van der Waals surface area contributed by atoms with Crippen LogP contribution in [0.5, 0.6) is 0 Å². The summed E-state index contributed by atoms with van der Waals surface area (Å²) in [6.45, 7) is 8.70. The Morgan fingerprint density at radius 3 is 2.50 bits per heavy atom. The number of hydrogen-bond donors (Lipinski definition) is 0. The number of hydrogen-bond acceptors (Lipinski definition) is 2. The van der Waals surface area contributed by atoms with Crippen LogP contribution in [-0.4, -0.2) is 9.97 Å². The van der Waals surface area contributed by atoms with Crippen molar-refractivity contribution in [3.63, 3.8) is 0 Å². The average Bonchev–Trinajstić information content (AvgIpc) is 1.91. The highest BCUT2D eigenvalue weighted by atomic mass is 14.8. The van der Waals surface area contributed by atoms with Crippen molar-refractivity contribution >= 4 is 0 Å². The average molecular weight is 164 g/mol. The number of nitrogens with zero attached hydrogens (tertiary/aromatic N) is 2. The first kappa shape index (κ1) is 9.17. The SMILES string of the molecule is Cc1ncncc1CC(C)(C)C. The van der Waals surface area contributed by atoms with E-state index < -0.39 is 0 Å². The van der Waals surface area contributed by atoms with Crippen molar-refractivity contribution in [1.29, 1.82) is 0 Å². The zero-order valence-corrected chi connectivity index (χ0v) is 8.26. The van der Waals surface area contributed by atoms with Gasteiger partial charge in [0.05, 0.1) is 0 Å². The van der Waals surface area contributed by atoms with E-state index in [1.54, 1.807) is 6.33 Å². The molecule has 0 N–H and O–H groups in total. The molecule has 0 spiro atoms. The normalized spacial score (nSPS) is 11.7. The first-order chi connectivity index (χ1) is 5.49. The molecule has 1 aromatic heterocycles.